The summed E-state index contributed by atoms with van der Waals surface area (Å²) >= 11 is 3.09. The summed E-state index contributed by atoms with van der Waals surface area (Å²) in [7, 11) is 0. The third-order valence-electron chi connectivity index (χ3n) is 1.99. The van der Waals surface area contributed by atoms with Gasteiger partial charge in [0.15, 0.2) is 0 Å². The van der Waals surface area contributed by atoms with Crippen molar-refractivity contribution in [3.63, 3.8) is 0 Å². The van der Waals surface area contributed by atoms with Crippen LogP contribution in [-0.4, -0.2) is 24.0 Å². The lowest BCUT2D eigenvalue weighted by atomic mass is 10.2. The van der Waals surface area contributed by atoms with Crippen molar-refractivity contribution in [1.29, 1.82) is 0 Å². The number of rotatable bonds is 3. The summed E-state index contributed by atoms with van der Waals surface area (Å²) in [5.74, 6) is -1.88. The average Bonchev–Trinajstić information content (AvgIpc) is 2.23. The smallest absolute Gasteiger partial charge is 0.325 e. The first-order chi connectivity index (χ1) is 8.69. The molecule has 0 heterocycles. The van der Waals surface area contributed by atoms with Gasteiger partial charge in [-0.3, -0.25) is 9.59 Å². The van der Waals surface area contributed by atoms with Gasteiger partial charge in [-0.25, -0.2) is 4.39 Å². The van der Waals surface area contributed by atoms with Gasteiger partial charge in [0.2, 0.25) is 0 Å². The average molecular weight is 332 g/mol. The van der Waals surface area contributed by atoms with Gasteiger partial charge in [0, 0.05) is 4.47 Å². The Morgan fingerprint density at radius 1 is 1.37 bits per heavy atom. The van der Waals surface area contributed by atoms with Crippen molar-refractivity contribution in [2.45, 2.75) is 26.4 Å². The van der Waals surface area contributed by atoms with Crippen molar-refractivity contribution in [2.75, 3.05) is 6.54 Å². The van der Waals surface area contributed by atoms with Crippen LogP contribution in [0.4, 0.5) is 4.39 Å². The number of hydrogen-bond acceptors (Lipinski definition) is 3. The molecular weight excluding hydrogens is 317 g/mol. The van der Waals surface area contributed by atoms with Crippen LogP contribution in [0.5, 0.6) is 0 Å². The van der Waals surface area contributed by atoms with Gasteiger partial charge >= 0.3 is 5.97 Å². The van der Waals surface area contributed by atoms with Crippen LogP contribution in [0.3, 0.4) is 0 Å². The summed E-state index contributed by atoms with van der Waals surface area (Å²) in [5, 5.41) is 2.31. The summed E-state index contributed by atoms with van der Waals surface area (Å²) in [6, 6.07) is 4.07. The highest BCUT2D eigenvalue weighted by molar-refractivity contribution is 9.10. The molecule has 4 nitrogen and oxygen atoms in total. The molecule has 0 fully saturated rings. The Kier molecular flexibility index (Phi) is 5.05. The Morgan fingerprint density at radius 2 is 2.00 bits per heavy atom. The Labute approximate surface area is 119 Å². The summed E-state index contributed by atoms with van der Waals surface area (Å²) in [5.41, 5.74) is -0.739. The van der Waals surface area contributed by atoms with Crippen molar-refractivity contribution in [3.8, 4) is 0 Å². The van der Waals surface area contributed by atoms with E-state index >= 15 is 0 Å². The third kappa shape index (κ3) is 5.38. The number of nitrogens with one attached hydrogen (secondary N) is 1. The molecule has 0 aromatic heterocycles. The van der Waals surface area contributed by atoms with Crippen LogP contribution in [0.25, 0.3) is 0 Å². The SMILES string of the molecule is CC(C)(C)OC(=O)CNC(=O)c1ccc(Br)cc1F. The number of amides is 1. The molecule has 0 unspecified atom stereocenters. The van der Waals surface area contributed by atoms with Crippen molar-refractivity contribution in [1.82, 2.24) is 5.32 Å². The molecule has 0 aliphatic rings. The molecule has 1 amide bonds. The molecule has 6 heteroatoms. The molecule has 0 aliphatic heterocycles. The molecule has 1 rings (SSSR count). The number of carbonyl (C=O) groups is 2. The lowest BCUT2D eigenvalue weighted by molar-refractivity contribution is -0.153. The number of benzene rings is 1. The van der Waals surface area contributed by atoms with Crippen molar-refractivity contribution < 1.29 is 18.7 Å². The fourth-order valence-corrected chi connectivity index (χ4v) is 1.63. The summed E-state index contributed by atoms with van der Waals surface area (Å²) in [6.07, 6.45) is 0. The molecule has 0 atom stereocenters. The Bertz CT molecular complexity index is 497. The lowest BCUT2D eigenvalue weighted by Crippen LogP contribution is -2.34. The number of hydrogen-bond donors (Lipinski definition) is 1. The van der Waals surface area contributed by atoms with E-state index in [0.717, 1.165) is 0 Å². The van der Waals surface area contributed by atoms with Crippen LogP contribution < -0.4 is 5.32 Å². The topological polar surface area (TPSA) is 55.4 Å². The molecule has 1 aromatic rings. The zero-order valence-electron chi connectivity index (χ0n) is 10.9. The maximum absolute atomic E-state index is 13.5. The first kappa shape index (κ1) is 15.6. The normalized spacial score (nSPS) is 11.0. The van der Waals surface area contributed by atoms with Crippen LogP contribution in [0.2, 0.25) is 0 Å². The molecule has 0 aliphatic carbocycles. The van der Waals surface area contributed by atoms with Crippen LogP contribution in [0.15, 0.2) is 22.7 Å². The maximum Gasteiger partial charge on any atom is 0.325 e. The lowest BCUT2D eigenvalue weighted by Gasteiger charge is -2.19. The van der Waals surface area contributed by atoms with E-state index in [2.05, 4.69) is 21.2 Å². The number of esters is 1. The first-order valence-corrected chi connectivity index (χ1v) is 6.43. The van der Waals surface area contributed by atoms with Crippen LogP contribution in [0.1, 0.15) is 31.1 Å². The van der Waals surface area contributed by atoms with Gasteiger partial charge in [0.05, 0.1) is 5.56 Å². The summed E-state index contributed by atoms with van der Waals surface area (Å²) in [4.78, 5) is 23.1. The summed E-state index contributed by atoms with van der Waals surface area (Å²) in [6.45, 7) is 4.87. The Morgan fingerprint density at radius 3 is 2.53 bits per heavy atom. The number of ether oxygens (including phenoxy) is 1. The van der Waals surface area contributed by atoms with Crippen LogP contribution in [-0.2, 0) is 9.53 Å². The van der Waals surface area contributed by atoms with Gasteiger partial charge in [-0.1, -0.05) is 15.9 Å². The van der Waals surface area contributed by atoms with E-state index in [1.807, 2.05) is 0 Å². The van der Waals surface area contributed by atoms with E-state index in [9.17, 15) is 14.0 Å². The van der Waals surface area contributed by atoms with E-state index < -0.39 is 23.3 Å². The van der Waals surface area contributed by atoms with E-state index in [0.29, 0.717) is 4.47 Å². The van der Waals surface area contributed by atoms with Gasteiger partial charge < -0.3 is 10.1 Å². The van der Waals surface area contributed by atoms with Gasteiger partial charge in [-0.15, -0.1) is 0 Å². The second-order valence-electron chi connectivity index (χ2n) is 4.89. The molecule has 0 bridgehead atoms. The highest BCUT2D eigenvalue weighted by Crippen LogP contribution is 2.15. The van der Waals surface area contributed by atoms with Crippen molar-refractivity contribution in [3.05, 3.63) is 34.1 Å². The standard InChI is InChI=1S/C13H15BrFNO3/c1-13(2,3)19-11(17)7-16-12(18)9-5-4-8(14)6-10(9)15/h4-6H,7H2,1-3H3,(H,16,18). The largest absolute Gasteiger partial charge is 0.459 e. The molecule has 1 aromatic carbocycles. The zero-order chi connectivity index (χ0) is 14.6. The second kappa shape index (κ2) is 6.14. The Hall–Kier alpha value is -1.43. The highest BCUT2D eigenvalue weighted by atomic mass is 79.9. The number of halogens is 2. The van der Waals surface area contributed by atoms with Crippen molar-refractivity contribution >= 4 is 27.8 Å². The molecular formula is C13H15BrFNO3. The van der Waals surface area contributed by atoms with Gasteiger partial charge in [0.1, 0.15) is 18.0 Å². The first-order valence-electron chi connectivity index (χ1n) is 5.64. The van der Waals surface area contributed by atoms with Gasteiger partial charge in [-0.05, 0) is 39.0 Å². The molecule has 104 valence electrons. The number of carbonyl (C=O) groups excluding carboxylic acids is 2. The molecule has 0 saturated heterocycles. The van der Waals surface area contributed by atoms with E-state index in [4.69, 9.17) is 4.74 Å². The van der Waals surface area contributed by atoms with Gasteiger partial charge in [-0.2, -0.15) is 0 Å². The molecule has 0 spiro atoms. The molecule has 0 saturated carbocycles. The zero-order valence-corrected chi connectivity index (χ0v) is 12.5. The molecule has 1 N–H and O–H groups in total. The fourth-order valence-electron chi connectivity index (χ4n) is 1.30. The monoisotopic (exact) mass is 331 g/mol. The predicted molar refractivity (Wildman–Crippen MR) is 72.3 cm³/mol. The van der Waals surface area contributed by atoms with E-state index in [1.165, 1.54) is 12.1 Å². The Balaban J connectivity index is 2.59. The maximum atomic E-state index is 13.5. The molecule has 19 heavy (non-hydrogen) atoms. The van der Waals surface area contributed by atoms with E-state index in [-0.39, 0.29) is 12.1 Å². The van der Waals surface area contributed by atoms with Crippen LogP contribution >= 0.6 is 15.9 Å². The minimum Gasteiger partial charge on any atom is -0.459 e. The summed E-state index contributed by atoms with van der Waals surface area (Å²) < 4.78 is 19.0. The molecule has 0 radical (unpaired) electrons. The van der Waals surface area contributed by atoms with Crippen LogP contribution in [0, 0.1) is 5.82 Å². The fraction of sp³-hybridized carbons (Fsp3) is 0.385. The highest BCUT2D eigenvalue weighted by Gasteiger charge is 2.18. The predicted octanol–water partition coefficient (Wildman–Crippen LogP) is 2.66. The van der Waals surface area contributed by atoms with E-state index in [1.54, 1.807) is 26.8 Å². The second-order valence-corrected chi connectivity index (χ2v) is 5.81. The van der Waals surface area contributed by atoms with Gasteiger partial charge in [0.25, 0.3) is 5.91 Å². The van der Waals surface area contributed by atoms with Crippen molar-refractivity contribution in [2.24, 2.45) is 0 Å². The minimum absolute atomic E-state index is 0.119. The third-order valence-corrected chi connectivity index (χ3v) is 2.48. The minimum atomic E-state index is -0.657. The quantitative estimate of drug-likeness (QED) is 0.866.